The molecule has 0 aliphatic rings. The second-order valence-electron chi connectivity index (χ2n) is 3.95. The van der Waals surface area contributed by atoms with Gasteiger partial charge >= 0.3 is 0 Å². The van der Waals surface area contributed by atoms with E-state index in [2.05, 4.69) is 0 Å². The zero-order valence-electron chi connectivity index (χ0n) is 8.89. The molecule has 0 radical (unpaired) electrons. The summed E-state index contributed by atoms with van der Waals surface area (Å²) in [5.74, 6) is -0.124. The van der Waals surface area contributed by atoms with E-state index in [1.165, 1.54) is 11.6 Å². The molecule has 1 nitrogen and oxygen atoms in total. The summed E-state index contributed by atoms with van der Waals surface area (Å²) in [6, 6.07) is 5.56. The molecule has 0 saturated heterocycles. The molecule has 0 spiro atoms. The van der Waals surface area contributed by atoms with E-state index < -0.39 is 0 Å². The third-order valence-corrected chi connectivity index (χ3v) is 2.35. The third kappa shape index (κ3) is 3.46. The van der Waals surface area contributed by atoms with Gasteiger partial charge in [0.05, 0.1) is 0 Å². The molecule has 1 aromatic rings. The quantitative estimate of drug-likeness (QED) is 0.785. The maximum absolute atomic E-state index is 12.9. The largest absolute Gasteiger partial charge is 0.328 e. The van der Waals surface area contributed by atoms with Gasteiger partial charge in [0, 0.05) is 6.04 Å². The Balaban J connectivity index is 2.47. The number of halogens is 1. The molecule has 0 aliphatic heterocycles. The van der Waals surface area contributed by atoms with Crippen molar-refractivity contribution in [1.82, 2.24) is 0 Å². The number of benzene rings is 1. The van der Waals surface area contributed by atoms with E-state index in [-0.39, 0.29) is 11.9 Å². The average molecular weight is 195 g/mol. The highest BCUT2D eigenvalue weighted by Crippen LogP contribution is 2.11. The molecular formula is C12H18FN. The number of aryl methyl sites for hydroxylation is 2. The van der Waals surface area contributed by atoms with Gasteiger partial charge in [0.2, 0.25) is 0 Å². The zero-order valence-corrected chi connectivity index (χ0v) is 8.89. The van der Waals surface area contributed by atoms with Crippen molar-refractivity contribution in [2.45, 2.75) is 39.2 Å². The lowest BCUT2D eigenvalue weighted by atomic mass is 10.0. The van der Waals surface area contributed by atoms with Crippen molar-refractivity contribution in [1.29, 1.82) is 0 Å². The Bertz CT molecular complexity index is 294. The standard InChI is InChI=1S/C12H18FN/c1-9-8-11(6-7-12(9)13)5-3-4-10(2)14/h6-8,10H,3-5,14H2,1-2H3. The Morgan fingerprint density at radius 2 is 2.14 bits per heavy atom. The van der Waals surface area contributed by atoms with Gasteiger partial charge in [-0.15, -0.1) is 0 Å². The van der Waals surface area contributed by atoms with Crippen LogP contribution in [0.2, 0.25) is 0 Å². The summed E-state index contributed by atoms with van der Waals surface area (Å²) in [5.41, 5.74) is 7.57. The molecule has 2 N–H and O–H groups in total. The summed E-state index contributed by atoms with van der Waals surface area (Å²) in [6.45, 7) is 3.81. The molecular weight excluding hydrogens is 177 g/mol. The second kappa shape index (κ2) is 5.11. The molecule has 0 heterocycles. The lowest BCUT2D eigenvalue weighted by Gasteiger charge is -2.05. The normalized spacial score (nSPS) is 12.9. The first-order valence-corrected chi connectivity index (χ1v) is 5.10. The minimum absolute atomic E-state index is 0.124. The number of nitrogens with two attached hydrogens (primary N) is 1. The van der Waals surface area contributed by atoms with Crippen LogP contribution in [0.4, 0.5) is 4.39 Å². The van der Waals surface area contributed by atoms with Crippen LogP contribution >= 0.6 is 0 Å². The van der Waals surface area contributed by atoms with E-state index in [1.807, 2.05) is 19.1 Å². The van der Waals surface area contributed by atoms with Gasteiger partial charge in [-0.3, -0.25) is 0 Å². The Hall–Kier alpha value is -0.890. The average Bonchev–Trinajstić information content (AvgIpc) is 2.10. The van der Waals surface area contributed by atoms with Crippen LogP contribution in [-0.2, 0) is 6.42 Å². The first-order valence-electron chi connectivity index (χ1n) is 5.10. The van der Waals surface area contributed by atoms with Crippen LogP contribution in [0.25, 0.3) is 0 Å². The van der Waals surface area contributed by atoms with Crippen LogP contribution in [-0.4, -0.2) is 6.04 Å². The van der Waals surface area contributed by atoms with Crippen LogP contribution < -0.4 is 5.73 Å². The van der Waals surface area contributed by atoms with Gasteiger partial charge in [0.1, 0.15) is 5.82 Å². The Kier molecular flexibility index (Phi) is 4.08. The van der Waals surface area contributed by atoms with Crippen LogP contribution in [0.1, 0.15) is 30.9 Å². The fourth-order valence-electron chi connectivity index (χ4n) is 1.49. The van der Waals surface area contributed by atoms with Crippen molar-refractivity contribution in [2.24, 2.45) is 5.73 Å². The van der Waals surface area contributed by atoms with Crippen LogP contribution in [0, 0.1) is 12.7 Å². The molecule has 0 aliphatic carbocycles. The van der Waals surface area contributed by atoms with Crippen molar-refractivity contribution in [3.63, 3.8) is 0 Å². The molecule has 78 valence electrons. The van der Waals surface area contributed by atoms with Gasteiger partial charge < -0.3 is 5.73 Å². The first kappa shape index (κ1) is 11.2. The van der Waals surface area contributed by atoms with E-state index >= 15 is 0 Å². The first-order chi connectivity index (χ1) is 6.59. The predicted octanol–water partition coefficient (Wildman–Crippen LogP) is 2.80. The Labute approximate surface area is 85.1 Å². The van der Waals surface area contributed by atoms with E-state index in [0.29, 0.717) is 0 Å². The SMILES string of the molecule is Cc1cc(CCCC(C)N)ccc1F. The highest BCUT2D eigenvalue weighted by atomic mass is 19.1. The molecule has 0 saturated carbocycles. The Morgan fingerprint density at radius 3 is 2.71 bits per heavy atom. The molecule has 0 aromatic heterocycles. The zero-order chi connectivity index (χ0) is 10.6. The topological polar surface area (TPSA) is 26.0 Å². The van der Waals surface area contributed by atoms with Gasteiger partial charge in [0.15, 0.2) is 0 Å². The van der Waals surface area contributed by atoms with E-state index in [0.717, 1.165) is 24.8 Å². The van der Waals surface area contributed by atoms with Gasteiger partial charge in [-0.05, 0) is 50.3 Å². The maximum atomic E-state index is 12.9. The van der Waals surface area contributed by atoms with Gasteiger partial charge in [-0.1, -0.05) is 12.1 Å². The minimum Gasteiger partial charge on any atom is -0.328 e. The van der Waals surface area contributed by atoms with Crippen molar-refractivity contribution in [3.8, 4) is 0 Å². The molecule has 0 amide bonds. The van der Waals surface area contributed by atoms with Gasteiger partial charge in [-0.2, -0.15) is 0 Å². The van der Waals surface area contributed by atoms with E-state index in [1.54, 1.807) is 6.92 Å². The summed E-state index contributed by atoms with van der Waals surface area (Å²) in [5, 5.41) is 0. The summed E-state index contributed by atoms with van der Waals surface area (Å²) in [4.78, 5) is 0. The lowest BCUT2D eigenvalue weighted by Crippen LogP contribution is -2.14. The van der Waals surface area contributed by atoms with E-state index in [9.17, 15) is 4.39 Å². The highest BCUT2D eigenvalue weighted by Gasteiger charge is 2.00. The molecule has 0 bridgehead atoms. The predicted molar refractivity (Wildman–Crippen MR) is 57.7 cm³/mol. The summed E-state index contributed by atoms with van der Waals surface area (Å²) in [7, 11) is 0. The number of hydrogen-bond donors (Lipinski definition) is 1. The maximum Gasteiger partial charge on any atom is 0.126 e. The highest BCUT2D eigenvalue weighted by molar-refractivity contribution is 5.23. The molecule has 2 heteroatoms. The monoisotopic (exact) mass is 195 g/mol. The van der Waals surface area contributed by atoms with Crippen LogP contribution in [0.15, 0.2) is 18.2 Å². The van der Waals surface area contributed by atoms with Crippen molar-refractivity contribution >= 4 is 0 Å². The van der Waals surface area contributed by atoms with Crippen molar-refractivity contribution in [3.05, 3.63) is 35.1 Å². The summed E-state index contributed by atoms with van der Waals surface area (Å²) >= 11 is 0. The number of rotatable bonds is 4. The molecule has 0 fully saturated rings. The van der Waals surface area contributed by atoms with Crippen LogP contribution in [0.5, 0.6) is 0 Å². The summed E-state index contributed by atoms with van der Waals surface area (Å²) < 4.78 is 12.9. The molecule has 14 heavy (non-hydrogen) atoms. The molecule has 1 atom stereocenters. The number of hydrogen-bond acceptors (Lipinski definition) is 1. The lowest BCUT2D eigenvalue weighted by molar-refractivity contribution is 0.611. The fourth-order valence-corrected chi connectivity index (χ4v) is 1.49. The fraction of sp³-hybridized carbons (Fsp3) is 0.500. The van der Waals surface area contributed by atoms with E-state index in [4.69, 9.17) is 5.73 Å². The van der Waals surface area contributed by atoms with Gasteiger partial charge in [0.25, 0.3) is 0 Å². The molecule has 1 rings (SSSR count). The second-order valence-corrected chi connectivity index (χ2v) is 3.95. The van der Waals surface area contributed by atoms with Gasteiger partial charge in [-0.25, -0.2) is 4.39 Å². The minimum atomic E-state index is -0.124. The molecule has 1 aromatic carbocycles. The summed E-state index contributed by atoms with van der Waals surface area (Å²) in [6.07, 6.45) is 3.09. The molecule has 1 unspecified atom stereocenters. The third-order valence-electron chi connectivity index (χ3n) is 2.35. The van der Waals surface area contributed by atoms with Crippen LogP contribution in [0.3, 0.4) is 0 Å². The van der Waals surface area contributed by atoms with Crippen molar-refractivity contribution in [2.75, 3.05) is 0 Å². The van der Waals surface area contributed by atoms with Crippen molar-refractivity contribution < 1.29 is 4.39 Å². The smallest absolute Gasteiger partial charge is 0.126 e. The Morgan fingerprint density at radius 1 is 1.43 bits per heavy atom.